The summed E-state index contributed by atoms with van der Waals surface area (Å²) >= 11 is 6.41. The van der Waals surface area contributed by atoms with Crippen molar-refractivity contribution in [1.29, 1.82) is 0 Å². The molecule has 6 heteroatoms. The first-order valence-corrected chi connectivity index (χ1v) is 8.75. The van der Waals surface area contributed by atoms with Crippen LogP contribution in [0.3, 0.4) is 0 Å². The van der Waals surface area contributed by atoms with Gasteiger partial charge in [0.25, 0.3) is 5.91 Å². The van der Waals surface area contributed by atoms with E-state index in [1.54, 1.807) is 6.07 Å². The lowest BCUT2D eigenvalue weighted by atomic mass is 10.1. The second kappa shape index (κ2) is 6.09. The molecule has 0 unspecified atom stereocenters. The molecule has 2 aromatic heterocycles. The molecule has 3 aromatic rings. The van der Waals surface area contributed by atoms with Gasteiger partial charge in [-0.2, -0.15) is 11.3 Å². The summed E-state index contributed by atoms with van der Waals surface area (Å²) in [6.07, 6.45) is 0. The summed E-state index contributed by atoms with van der Waals surface area (Å²) in [6.45, 7) is 2.01. The molecule has 21 heavy (non-hydrogen) atoms. The molecule has 1 N–H and O–H groups in total. The van der Waals surface area contributed by atoms with Gasteiger partial charge in [-0.25, -0.2) is 4.98 Å². The van der Waals surface area contributed by atoms with E-state index < -0.39 is 0 Å². The van der Waals surface area contributed by atoms with Crippen molar-refractivity contribution >= 4 is 49.6 Å². The van der Waals surface area contributed by atoms with Gasteiger partial charge in [0.1, 0.15) is 0 Å². The first kappa shape index (κ1) is 14.4. The van der Waals surface area contributed by atoms with Crippen LogP contribution in [-0.4, -0.2) is 10.9 Å². The lowest BCUT2D eigenvalue weighted by molar-refractivity contribution is 0.102. The zero-order chi connectivity index (χ0) is 14.8. The van der Waals surface area contributed by atoms with Crippen LogP contribution in [0, 0.1) is 6.92 Å². The molecule has 2 heterocycles. The first-order valence-electron chi connectivity index (χ1n) is 6.20. The minimum absolute atomic E-state index is 0.118. The molecule has 1 amide bonds. The van der Waals surface area contributed by atoms with Crippen molar-refractivity contribution in [3.05, 3.63) is 56.0 Å². The molecule has 0 atom stereocenters. The molecule has 0 bridgehead atoms. The van der Waals surface area contributed by atoms with E-state index in [1.165, 1.54) is 22.7 Å². The normalized spacial score (nSPS) is 10.6. The molecule has 1 aromatic carbocycles. The number of rotatable bonds is 3. The molecular weight excluding hydrogens is 368 g/mol. The molecule has 0 aliphatic heterocycles. The van der Waals surface area contributed by atoms with E-state index in [0.29, 0.717) is 10.7 Å². The summed E-state index contributed by atoms with van der Waals surface area (Å²) < 4.78 is 1.03. The fourth-order valence-corrected chi connectivity index (χ4v) is 3.62. The number of nitrogens with zero attached hydrogens (tertiary/aromatic N) is 1. The highest BCUT2D eigenvalue weighted by Gasteiger charge is 2.13. The molecule has 0 fully saturated rings. The minimum atomic E-state index is -0.118. The fourth-order valence-electron chi connectivity index (χ4n) is 1.89. The second-order valence-electron chi connectivity index (χ2n) is 4.40. The molecule has 0 aliphatic carbocycles. The quantitative estimate of drug-likeness (QED) is 0.680. The fraction of sp³-hybridized carbons (Fsp3) is 0.0667. The van der Waals surface area contributed by atoms with Crippen LogP contribution in [0.4, 0.5) is 5.13 Å². The maximum atomic E-state index is 12.0. The van der Waals surface area contributed by atoms with Crippen LogP contribution in [-0.2, 0) is 0 Å². The van der Waals surface area contributed by atoms with Gasteiger partial charge in [-0.3, -0.25) is 10.1 Å². The smallest absolute Gasteiger partial charge is 0.258 e. The number of hydrogen-bond donors (Lipinski definition) is 1. The number of thiophene rings is 1. The zero-order valence-electron chi connectivity index (χ0n) is 11.1. The van der Waals surface area contributed by atoms with Crippen LogP contribution < -0.4 is 5.32 Å². The molecule has 0 spiro atoms. The van der Waals surface area contributed by atoms with Crippen molar-refractivity contribution in [3.63, 3.8) is 0 Å². The van der Waals surface area contributed by atoms with Gasteiger partial charge in [0.15, 0.2) is 5.13 Å². The number of carbonyl (C=O) groups excluding carboxylic acids is 1. The Morgan fingerprint density at radius 1 is 1.24 bits per heavy atom. The van der Waals surface area contributed by atoms with Crippen molar-refractivity contribution < 1.29 is 4.79 Å². The van der Waals surface area contributed by atoms with Crippen LogP contribution in [0.1, 0.15) is 15.2 Å². The molecule has 3 nitrogen and oxygen atoms in total. The number of carbonyl (C=O) groups is 1. The van der Waals surface area contributed by atoms with E-state index in [2.05, 4.69) is 26.2 Å². The third-order valence-corrected chi connectivity index (χ3v) is 5.02. The van der Waals surface area contributed by atoms with Crippen molar-refractivity contribution in [2.45, 2.75) is 6.92 Å². The van der Waals surface area contributed by atoms with Gasteiger partial charge in [-0.15, -0.1) is 11.3 Å². The topological polar surface area (TPSA) is 42.0 Å². The van der Waals surface area contributed by atoms with Crippen LogP contribution in [0.2, 0.25) is 0 Å². The maximum Gasteiger partial charge on any atom is 0.258 e. The largest absolute Gasteiger partial charge is 0.298 e. The van der Waals surface area contributed by atoms with Gasteiger partial charge in [-0.1, -0.05) is 28.1 Å². The van der Waals surface area contributed by atoms with E-state index in [9.17, 15) is 4.79 Å². The Morgan fingerprint density at radius 2 is 2.00 bits per heavy atom. The minimum Gasteiger partial charge on any atom is -0.298 e. The highest BCUT2D eigenvalue weighted by atomic mass is 79.9. The van der Waals surface area contributed by atoms with E-state index >= 15 is 0 Å². The standard InChI is InChI=1S/C15H11BrN2OS2/c1-9-13(10-2-4-12(16)5-3-10)17-15(21-9)18-14(19)11-6-7-20-8-11/h2-8H,1H3,(H,17,18,19). The number of aryl methyl sites for hydroxylation is 1. The highest BCUT2D eigenvalue weighted by Crippen LogP contribution is 2.31. The Balaban J connectivity index is 1.84. The number of halogens is 1. The summed E-state index contributed by atoms with van der Waals surface area (Å²) in [5.41, 5.74) is 2.62. The SMILES string of the molecule is Cc1sc(NC(=O)c2ccsc2)nc1-c1ccc(Br)cc1. The average molecular weight is 379 g/mol. The molecule has 0 saturated carbocycles. The zero-order valence-corrected chi connectivity index (χ0v) is 14.3. The lowest BCUT2D eigenvalue weighted by Gasteiger charge is -1.99. The van der Waals surface area contributed by atoms with E-state index in [0.717, 1.165) is 20.6 Å². The number of thiazole rings is 1. The number of hydrogen-bond acceptors (Lipinski definition) is 4. The van der Waals surface area contributed by atoms with Crippen molar-refractivity contribution in [3.8, 4) is 11.3 Å². The van der Waals surface area contributed by atoms with Gasteiger partial charge in [0.2, 0.25) is 0 Å². The highest BCUT2D eigenvalue weighted by molar-refractivity contribution is 9.10. The Bertz CT molecular complexity index is 764. The van der Waals surface area contributed by atoms with Gasteiger partial charge in [-0.05, 0) is 30.5 Å². The molecule has 0 radical (unpaired) electrons. The van der Waals surface area contributed by atoms with Crippen molar-refractivity contribution in [2.24, 2.45) is 0 Å². The van der Waals surface area contributed by atoms with Crippen LogP contribution in [0.15, 0.2) is 45.6 Å². The van der Waals surface area contributed by atoms with Gasteiger partial charge in [0, 0.05) is 20.3 Å². The van der Waals surface area contributed by atoms with Crippen LogP contribution in [0.25, 0.3) is 11.3 Å². The molecule has 0 saturated heterocycles. The number of benzene rings is 1. The van der Waals surface area contributed by atoms with Crippen LogP contribution >= 0.6 is 38.6 Å². The number of nitrogens with one attached hydrogen (secondary N) is 1. The van der Waals surface area contributed by atoms with Crippen LogP contribution in [0.5, 0.6) is 0 Å². The second-order valence-corrected chi connectivity index (χ2v) is 7.30. The molecule has 0 aliphatic rings. The first-order chi connectivity index (χ1) is 10.1. The third kappa shape index (κ3) is 3.23. The van der Waals surface area contributed by atoms with Crippen molar-refractivity contribution in [1.82, 2.24) is 4.98 Å². The van der Waals surface area contributed by atoms with Crippen molar-refractivity contribution in [2.75, 3.05) is 5.32 Å². The number of amides is 1. The summed E-state index contributed by atoms with van der Waals surface area (Å²) in [5.74, 6) is -0.118. The predicted octanol–water partition coefficient (Wildman–Crippen LogP) is 5.19. The summed E-state index contributed by atoms with van der Waals surface area (Å²) in [6, 6.07) is 9.79. The lowest BCUT2D eigenvalue weighted by Crippen LogP contribution is -2.10. The molecule has 106 valence electrons. The monoisotopic (exact) mass is 378 g/mol. The summed E-state index contributed by atoms with van der Waals surface area (Å²) in [5, 5.41) is 7.19. The van der Waals surface area contributed by atoms with Gasteiger partial charge in [0.05, 0.1) is 11.3 Å². The Morgan fingerprint density at radius 3 is 2.67 bits per heavy atom. The predicted molar refractivity (Wildman–Crippen MR) is 92.3 cm³/mol. The summed E-state index contributed by atoms with van der Waals surface area (Å²) in [4.78, 5) is 17.6. The van der Waals surface area contributed by atoms with E-state index in [1.807, 2.05) is 41.9 Å². The Kier molecular flexibility index (Phi) is 4.19. The maximum absolute atomic E-state index is 12.0. The summed E-state index contributed by atoms with van der Waals surface area (Å²) in [7, 11) is 0. The van der Waals surface area contributed by atoms with Gasteiger partial charge < -0.3 is 0 Å². The van der Waals surface area contributed by atoms with Gasteiger partial charge >= 0.3 is 0 Å². The number of anilines is 1. The van der Waals surface area contributed by atoms with E-state index in [4.69, 9.17) is 0 Å². The molecule has 3 rings (SSSR count). The average Bonchev–Trinajstić information content (AvgIpc) is 3.10. The molecular formula is C15H11BrN2OS2. The Hall–Kier alpha value is -1.50. The Labute approximate surface area is 138 Å². The third-order valence-electron chi connectivity index (χ3n) is 2.92. The number of aromatic nitrogens is 1. The van der Waals surface area contributed by atoms with E-state index in [-0.39, 0.29) is 5.91 Å².